The summed E-state index contributed by atoms with van der Waals surface area (Å²) in [4.78, 5) is 0. The van der Waals surface area contributed by atoms with Crippen LogP contribution in [0.15, 0.2) is 30.3 Å². The Morgan fingerprint density at radius 3 is 1.84 bits per heavy atom. The first-order valence-electron chi connectivity index (χ1n) is 8.67. The topological polar surface area (TPSA) is 92.4 Å². The third kappa shape index (κ3) is 13.9. The molecule has 0 aliphatic heterocycles. The minimum absolute atomic E-state index is 0.391. The van der Waals surface area contributed by atoms with Crippen LogP contribution in [0.25, 0.3) is 0 Å². The Morgan fingerprint density at radius 1 is 0.760 bits per heavy atom. The van der Waals surface area contributed by atoms with E-state index in [4.69, 9.17) is 29.4 Å². The second-order valence-corrected chi connectivity index (χ2v) is 5.28. The van der Waals surface area contributed by atoms with Crippen molar-refractivity contribution in [3.63, 3.8) is 0 Å². The number of rotatable bonds is 17. The Morgan fingerprint density at radius 2 is 1.28 bits per heavy atom. The molecule has 1 aromatic rings. The molecule has 1 aromatic carbocycles. The third-order valence-electron chi connectivity index (χ3n) is 3.17. The molecule has 7 nitrogen and oxygen atoms in total. The van der Waals surface area contributed by atoms with E-state index >= 15 is 0 Å². The van der Waals surface area contributed by atoms with Crippen molar-refractivity contribution in [2.45, 2.75) is 19.3 Å². The molecule has 0 spiro atoms. The quantitative estimate of drug-likeness (QED) is 0.317. The van der Waals surface area contributed by atoms with Gasteiger partial charge in [-0.25, -0.2) is 0 Å². The van der Waals surface area contributed by atoms with Crippen LogP contribution in [0.1, 0.15) is 12.0 Å². The van der Waals surface area contributed by atoms with Gasteiger partial charge in [0.1, 0.15) is 0 Å². The van der Waals surface area contributed by atoms with Crippen molar-refractivity contribution in [2.75, 3.05) is 59.4 Å². The van der Waals surface area contributed by atoms with E-state index in [-0.39, 0.29) is 0 Å². The van der Waals surface area contributed by atoms with Crippen molar-refractivity contribution in [3.8, 4) is 0 Å². The van der Waals surface area contributed by atoms with Crippen LogP contribution in [-0.2, 0) is 30.3 Å². The molecular weight excluding hydrogens is 326 g/mol. The van der Waals surface area contributed by atoms with E-state index < -0.39 is 6.29 Å². The summed E-state index contributed by atoms with van der Waals surface area (Å²) in [7, 11) is 0. The van der Waals surface area contributed by atoms with Crippen molar-refractivity contribution in [2.24, 2.45) is 5.73 Å². The molecule has 3 N–H and O–H groups in total. The first kappa shape index (κ1) is 22.0. The molecule has 0 aliphatic carbocycles. The zero-order valence-corrected chi connectivity index (χ0v) is 14.8. The fourth-order valence-corrected chi connectivity index (χ4v) is 1.88. The summed E-state index contributed by atoms with van der Waals surface area (Å²) in [5, 5.41) is 9.72. The van der Waals surface area contributed by atoms with E-state index in [9.17, 15) is 5.11 Å². The highest BCUT2D eigenvalue weighted by atomic mass is 16.6. The van der Waals surface area contributed by atoms with Crippen LogP contribution in [-0.4, -0.2) is 70.8 Å². The first-order valence-corrected chi connectivity index (χ1v) is 8.67. The van der Waals surface area contributed by atoms with Gasteiger partial charge in [-0.1, -0.05) is 30.3 Å². The Balaban J connectivity index is 1.79. The zero-order valence-electron chi connectivity index (χ0n) is 14.8. The van der Waals surface area contributed by atoms with Gasteiger partial charge in [-0.2, -0.15) is 0 Å². The van der Waals surface area contributed by atoms with E-state index in [0.717, 1.165) is 5.56 Å². The van der Waals surface area contributed by atoms with Gasteiger partial charge < -0.3 is 34.5 Å². The van der Waals surface area contributed by atoms with E-state index in [1.807, 2.05) is 30.3 Å². The average molecular weight is 357 g/mol. The molecule has 0 amide bonds. The summed E-state index contributed by atoms with van der Waals surface area (Å²) in [5.41, 5.74) is 6.33. The SMILES string of the molecule is NCCOCCOCCOCCOCCC(O)OCc1ccccc1. The second kappa shape index (κ2) is 16.4. The zero-order chi connectivity index (χ0) is 18.0. The molecule has 1 rings (SSSR count). The number of aliphatic hydroxyl groups excluding tert-OH is 1. The Labute approximate surface area is 150 Å². The van der Waals surface area contributed by atoms with Gasteiger partial charge in [-0.15, -0.1) is 0 Å². The van der Waals surface area contributed by atoms with Gasteiger partial charge in [0.2, 0.25) is 0 Å². The van der Waals surface area contributed by atoms with Crippen LogP contribution >= 0.6 is 0 Å². The lowest BCUT2D eigenvalue weighted by atomic mass is 10.2. The Bertz CT molecular complexity index is 392. The molecule has 144 valence electrons. The van der Waals surface area contributed by atoms with E-state index in [1.54, 1.807) is 0 Å². The van der Waals surface area contributed by atoms with Crippen molar-refractivity contribution < 1.29 is 28.8 Å². The Kier molecular flexibility index (Phi) is 14.4. The maximum Gasteiger partial charge on any atom is 0.157 e. The van der Waals surface area contributed by atoms with Crippen molar-refractivity contribution >= 4 is 0 Å². The maximum absolute atomic E-state index is 9.72. The van der Waals surface area contributed by atoms with E-state index in [0.29, 0.717) is 72.4 Å². The molecule has 0 saturated heterocycles. The molecular formula is C18H31NO6. The van der Waals surface area contributed by atoms with E-state index in [2.05, 4.69) is 0 Å². The van der Waals surface area contributed by atoms with Gasteiger partial charge in [0.25, 0.3) is 0 Å². The fraction of sp³-hybridized carbons (Fsp3) is 0.667. The highest BCUT2D eigenvalue weighted by molar-refractivity contribution is 5.13. The molecule has 0 aromatic heterocycles. The summed E-state index contributed by atoms with van der Waals surface area (Å²) in [6, 6.07) is 9.73. The fourth-order valence-electron chi connectivity index (χ4n) is 1.88. The minimum Gasteiger partial charge on any atom is -0.379 e. The summed E-state index contributed by atoms with van der Waals surface area (Å²) < 4.78 is 26.6. The van der Waals surface area contributed by atoms with Crippen LogP contribution < -0.4 is 5.73 Å². The normalized spacial score (nSPS) is 12.4. The van der Waals surface area contributed by atoms with Crippen LogP contribution in [0.4, 0.5) is 0 Å². The molecule has 1 unspecified atom stereocenters. The molecule has 0 fully saturated rings. The van der Waals surface area contributed by atoms with Gasteiger partial charge in [0, 0.05) is 13.0 Å². The summed E-state index contributed by atoms with van der Waals surface area (Å²) >= 11 is 0. The van der Waals surface area contributed by atoms with Crippen LogP contribution in [0.5, 0.6) is 0 Å². The average Bonchev–Trinajstić information content (AvgIpc) is 2.64. The monoisotopic (exact) mass is 357 g/mol. The molecule has 0 aliphatic rings. The lowest BCUT2D eigenvalue weighted by molar-refractivity contribution is -0.122. The largest absolute Gasteiger partial charge is 0.379 e. The van der Waals surface area contributed by atoms with Crippen LogP contribution in [0.3, 0.4) is 0 Å². The van der Waals surface area contributed by atoms with E-state index in [1.165, 1.54) is 0 Å². The predicted molar refractivity (Wildman–Crippen MR) is 94.2 cm³/mol. The lowest BCUT2D eigenvalue weighted by Gasteiger charge is -2.12. The minimum atomic E-state index is -0.823. The number of aliphatic hydroxyl groups is 1. The maximum atomic E-state index is 9.72. The number of hydrogen-bond donors (Lipinski definition) is 2. The number of benzene rings is 1. The van der Waals surface area contributed by atoms with Gasteiger partial charge in [-0.3, -0.25) is 0 Å². The van der Waals surface area contributed by atoms with Crippen LogP contribution in [0, 0.1) is 0 Å². The van der Waals surface area contributed by atoms with Crippen molar-refractivity contribution in [1.29, 1.82) is 0 Å². The molecule has 25 heavy (non-hydrogen) atoms. The summed E-state index contributed by atoms with van der Waals surface area (Å²) in [6.45, 7) is 5.01. The van der Waals surface area contributed by atoms with Gasteiger partial charge >= 0.3 is 0 Å². The molecule has 0 bridgehead atoms. The lowest BCUT2D eigenvalue weighted by Crippen LogP contribution is -2.16. The molecule has 0 heterocycles. The van der Waals surface area contributed by atoms with Crippen LogP contribution in [0.2, 0.25) is 0 Å². The van der Waals surface area contributed by atoms with Gasteiger partial charge in [0.15, 0.2) is 6.29 Å². The summed E-state index contributed by atoms with van der Waals surface area (Å²) in [6.07, 6.45) is -0.394. The molecule has 0 radical (unpaired) electrons. The predicted octanol–water partition coefficient (Wildman–Crippen LogP) is 0.937. The molecule has 7 heteroatoms. The smallest absolute Gasteiger partial charge is 0.157 e. The molecule has 1 atom stereocenters. The third-order valence-corrected chi connectivity index (χ3v) is 3.17. The molecule has 0 saturated carbocycles. The summed E-state index contributed by atoms with van der Waals surface area (Å²) in [5.74, 6) is 0. The number of ether oxygens (including phenoxy) is 5. The standard InChI is InChI=1S/C18H31NO6/c19-7-9-22-11-13-24-15-14-23-12-10-21-8-6-18(20)25-16-17-4-2-1-3-5-17/h1-5,18,20H,6-16,19H2. The van der Waals surface area contributed by atoms with Crippen molar-refractivity contribution in [3.05, 3.63) is 35.9 Å². The Hall–Kier alpha value is -1.06. The van der Waals surface area contributed by atoms with Crippen molar-refractivity contribution in [1.82, 2.24) is 0 Å². The number of hydrogen-bond acceptors (Lipinski definition) is 7. The highest BCUT2D eigenvalue weighted by Gasteiger charge is 2.04. The van der Waals surface area contributed by atoms with Gasteiger partial charge in [-0.05, 0) is 5.56 Å². The van der Waals surface area contributed by atoms with Gasteiger partial charge in [0.05, 0.1) is 59.5 Å². The second-order valence-electron chi connectivity index (χ2n) is 5.28. The first-order chi connectivity index (χ1) is 12.3. The number of nitrogens with two attached hydrogens (primary N) is 1. The highest BCUT2D eigenvalue weighted by Crippen LogP contribution is 2.04.